The van der Waals surface area contributed by atoms with Gasteiger partial charge in [0.05, 0.1) is 11.3 Å². The van der Waals surface area contributed by atoms with E-state index in [0.717, 1.165) is 17.3 Å². The number of halogens is 3. The van der Waals surface area contributed by atoms with Crippen LogP contribution < -0.4 is 0 Å². The molecule has 5 rings (SSSR count). The van der Waals surface area contributed by atoms with Gasteiger partial charge in [0.25, 0.3) is 5.89 Å². The number of benzene rings is 2. The third-order valence-corrected chi connectivity index (χ3v) is 5.72. The van der Waals surface area contributed by atoms with E-state index in [-0.39, 0.29) is 28.1 Å². The molecule has 0 spiro atoms. The molecule has 0 aliphatic heterocycles. The van der Waals surface area contributed by atoms with Crippen LogP contribution >= 0.6 is 11.8 Å². The lowest BCUT2D eigenvalue weighted by molar-refractivity contribution is -0.145. The molecule has 11 heteroatoms. The number of rotatable bonds is 5. The molecule has 0 aliphatic rings. The van der Waals surface area contributed by atoms with Gasteiger partial charge in [-0.25, -0.2) is 9.97 Å². The van der Waals surface area contributed by atoms with Crippen LogP contribution in [0.15, 0.2) is 68.6 Å². The molecule has 3 heterocycles. The second kappa shape index (κ2) is 8.32. The Bertz CT molecular complexity index is 1430. The van der Waals surface area contributed by atoms with Gasteiger partial charge in [-0.2, -0.15) is 13.2 Å². The molecule has 166 valence electrons. The minimum atomic E-state index is -4.66. The topological polar surface area (TPSA) is 90.7 Å². The van der Waals surface area contributed by atoms with E-state index >= 15 is 0 Å². The fourth-order valence-electron chi connectivity index (χ4n) is 3.24. The number of nitrogens with zero attached hydrogens (tertiary/aromatic N) is 5. The first-order valence-corrected chi connectivity index (χ1v) is 10.7. The molecular formula is C22H14F3N5O2S. The van der Waals surface area contributed by atoms with Crippen LogP contribution in [0.3, 0.4) is 0 Å². The lowest BCUT2D eigenvalue weighted by Crippen LogP contribution is -2.11. The van der Waals surface area contributed by atoms with Gasteiger partial charge in [-0.3, -0.25) is 0 Å². The van der Waals surface area contributed by atoms with E-state index in [1.54, 1.807) is 25.1 Å². The van der Waals surface area contributed by atoms with Crippen molar-refractivity contribution in [3.05, 3.63) is 72.1 Å². The van der Waals surface area contributed by atoms with Gasteiger partial charge in [0, 0.05) is 10.9 Å². The zero-order chi connectivity index (χ0) is 23.0. The Morgan fingerprint density at radius 3 is 2.48 bits per heavy atom. The average molecular weight is 469 g/mol. The van der Waals surface area contributed by atoms with Gasteiger partial charge in [0.15, 0.2) is 0 Å². The number of hydrogen-bond acceptors (Lipinski definition) is 8. The number of para-hydroxylation sites is 1. The highest BCUT2D eigenvalue weighted by atomic mass is 32.2. The fraction of sp³-hybridized carbons (Fsp3) is 0.136. The molecule has 0 bridgehead atoms. The number of aromatic nitrogens is 5. The lowest BCUT2D eigenvalue weighted by Gasteiger charge is -2.09. The van der Waals surface area contributed by atoms with Crippen LogP contribution in [-0.2, 0) is 11.9 Å². The van der Waals surface area contributed by atoms with Crippen molar-refractivity contribution in [2.45, 2.75) is 23.9 Å². The Hall–Kier alpha value is -3.73. The van der Waals surface area contributed by atoms with E-state index in [9.17, 15) is 13.2 Å². The number of alkyl halides is 3. The molecule has 3 aromatic heterocycles. The van der Waals surface area contributed by atoms with Crippen LogP contribution in [0.25, 0.3) is 33.6 Å². The van der Waals surface area contributed by atoms with Crippen molar-refractivity contribution in [1.29, 1.82) is 0 Å². The predicted molar refractivity (Wildman–Crippen MR) is 114 cm³/mol. The van der Waals surface area contributed by atoms with Crippen molar-refractivity contribution < 1.29 is 22.1 Å². The summed E-state index contributed by atoms with van der Waals surface area (Å²) in [6.45, 7) is 1.74. The summed E-state index contributed by atoms with van der Waals surface area (Å²) in [6, 6.07) is 15.9. The van der Waals surface area contributed by atoms with Gasteiger partial charge >= 0.3 is 6.18 Å². The van der Waals surface area contributed by atoms with Gasteiger partial charge < -0.3 is 8.94 Å². The van der Waals surface area contributed by atoms with Gasteiger partial charge in [-0.05, 0) is 13.0 Å². The molecule has 0 unspecified atom stereocenters. The normalized spacial score (nSPS) is 11.9. The zero-order valence-electron chi connectivity index (χ0n) is 17.0. The fourth-order valence-corrected chi connectivity index (χ4v) is 4.10. The van der Waals surface area contributed by atoms with E-state index < -0.39 is 12.0 Å². The summed E-state index contributed by atoms with van der Waals surface area (Å²) in [5, 5.41) is 12.9. The van der Waals surface area contributed by atoms with E-state index in [2.05, 4.69) is 25.3 Å². The molecule has 0 atom stereocenters. The molecule has 0 aliphatic carbocycles. The van der Waals surface area contributed by atoms with Crippen molar-refractivity contribution in [2.24, 2.45) is 0 Å². The van der Waals surface area contributed by atoms with Gasteiger partial charge in [0.1, 0.15) is 22.0 Å². The lowest BCUT2D eigenvalue weighted by atomic mass is 10.1. The summed E-state index contributed by atoms with van der Waals surface area (Å²) < 4.78 is 50.9. The Balaban J connectivity index is 1.44. The SMILES string of the molecule is Cc1onc(-c2ccccc2)c1-c1nnc(CSc2nc(C(F)(F)F)nc3ccccc23)o1. The molecule has 0 fully saturated rings. The molecule has 0 saturated carbocycles. The highest BCUT2D eigenvalue weighted by Gasteiger charge is 2.35. The first-order valence-electron chi connectivity index (χ1n) is 9.71. The number of hydrogen-bond donors (Lipinski definition) is 0. The largest absolute Gasteiger partial charge is 0.451 e. The Morgan fingerprint density at radius 1 is 0.939 bits per heavy atom. The summed E-state index contributed by atoms with van der Waals surface area (Å²) in [6.07, 6.45) is -4.66. The van der Waals surface area contributed by atoms with Gasteiger partial charge in [-0.15, -0.1) is 10.2 Å². The van der Waals surface area contributed by atoms with Crippen LogP contribution in [0.1, 0.15) is 17.5 Å². The van der Waals surface area contributed by atoms with Crippen LogP contribution in [0, 0.1) is 6.92 Å². The molecule has 7 nitrogen and oxygen atoms in total. The van der Waals surface area contributed by atoms with Crippen molar-refractivity contribution >= 4 is 22.7 Å². The summed E-state index contributed by atoms with van der Waals surface area (Å²) in [5.74, 6) is -0.121. The maximum atomic E-state index is 13.2. The molecular weight excluding hydrogens is 455 g/mol. The zero-order valence-corrected chi connectivity index (χ0v) is 17.8. The maximum Gasteiger partial charge on any atom is 0.451 e. The van der Waals surface area contributed by atoms with Crippen molar-refractivity contribution in [3.63, 3.8) is 0 Å². The standard InChI is InChI=1S/C22H14F3N5O2S/c1-12-17(18(30-32-12)13-7-3-2-4-8-13)19-29-28-16(31-19)11-33-20-14-9-5-6-10-15(14)26-21(27-20)22(23,24)25/h2-10H,11H2,1H3. The van der Waals surface area contributed by atoms with Gasteiger partial charge in [0.2, 0.25) is 11.7 Å². The van der Waals surface area contributed by atoms with Crippen molar-refractivity contribution in [3.8, 4) is 22.7 Å². The first kappa shape index (κ1) is 21.1. The molecule has 0 radical (unpaired) electrons. The maximum absolute atomic E-state index is 13.2. The smallest absolute Gasteiger partial charge is 0.420 e. The summed E-state index contributed by atoms with van der Waals surface area (Å²) in [5.41, 5.74) is 2.16. The summed E-state index contributed by atoms with van der Waals surface area (Å²) >= 11 is 1.06. The van der Waals surface area contributed by atoms with Crippen LogP contribution in [0.4, 0.5) is 13.2 Å². The second-order valence-corrected chi connectivity index (χ2v) is 7.95. The first-order chi connectivity index (χ1) is 15.9. The van der Waals surface area contributed by atoms with Crippen molar-refractivity contribution in [1.82, 2.24) is 25.3 Å². The van der Waals surface area contributed by atoms with Crippen LogP contribution in [0.5, 0.6) is 0 Å². The molecule has 0 amide bonds. The number of thioether (sulfide) groups is 1. The third kappa shape index (κ3) is 4.19. The van der Waals surface area contributed by atoms with E-state index in [1.807, 2.05) is 30.3 Å². The van der Waals surface area contributed by atoms with Crippen LogP contribution in [-0.4, -0.2) is 25.3 Å². The minimum absolute atomic E-state index is 0.121. The summed E-state index contributed by atoms with van der Waals surface area (Å²) in [4.78, 5) is 7.35. The average Bonchev–Trinajstić information content (AvgIpc) is 3.43. The number of aryl methyl sites for hydroxylation is 1. The molecule has 0 N–H and O–H groups in total. The van der Waals surface area contributed by atoms with E-state index in [1.165, 1.54) is 6.07 Å². The highest BCUT2D eigenvalue weighted by Crippen LogP contribution is 2.35. The van der Waals surface area contributed by atoms with E-state index in [4.69, 9.17) is 8.94 Å². The summed E-state index contributed by atoms with van der Waals surface area (Å²) in [7, 11) is 0. The Morgan fingerprint density at radius 2 is 1.70 bits per heavy atom. The predicted octanol–water partition coefficient (Wildman–Crippen LogP) is 5.95. The molecule has 0 saturated heterocycles. The molecule has 2 aromatic carbocycles. The Labute approximate surface area is 189 Å². The van der Waals surface area contributed by atoms with Crippen LogP contribution in [0.2, 0.25) is 0 Å². The van der Waals surface area contributed by atoms with E-state index in [0.29, 0.717) is 22.4 Å². The second-order valence-electron chi connectivity index (χ2n) is 6.99. The molecule has 5 aromatic rings. The highest BCUT2D eigenvalue weighted by molar-refractivity contribution is 7.98. The minimum Gasteiger partial charge on any atom is -0.420 e. The molecule has 33 heavy (non-hydrogen) atoms. The number of fused-ring (bicyclic) bond motifs is 1. The quantitative estimate of drug-likeness (QED) is 0.230. The van der Waals surface area contributed by atoms with Gasteiger partial charge in [-0.1, -0.05) is 65.4 Å². The Kier molecular flexibility index (Phi) is 5.33. The third-order valence-electron chi connectivity index (χ3n) is 4.74. The van der Waals surface area contributed by atoms with Crippen molar-refractivity contribution in [2.75, 3.05) is 0 Å². The monoisotopic (exact) mass is 469 g/mol.